The van der Waals surface area contributed by atoms with Crippen LogP contribution in [0.4, 0.5) is 4.39 Å². The summed E-state index contributed by atoms with van der Waals surface area (Å²) < 4.78 is 14.3. The van der Waals surface area contributed by atoms with Crippen LogP contribution in [0, 0.1) is 16.7 Å². The molecule has 0 N–H and O–H groups in total. The minimum absolute atomic E-state index is 0.466. The predicted molar refractivity (Wildman–Crippen MR) is 51.6 cm³/mol. The molecule has 0 aromatic rings. The molecule has 0 bridgehead atoms. The molecule has 0 amide bonds. The Morgan fingerprint density at radius 1 is 1.36 bits per heavy atom. The van der Waals surface area contributed by atoms with Crippen LogP contribution in [0.15, 0.2) is 0 Å². The van der Waals surface area contributed by atoms with Crippen molar-refractivity contribution in [2.45, 2.75) is 40.3 Å². The van der Waals surface area contributed by atoms with Crippen molar-refractivity contribution in [1.29, 1.82) is 0 Å². The lowest BCUT2D eigenvalue weighted by Gasteiger charge is -2.21. The Morgan fingerprint density at radius 2 is 1.79 bits per heavy atom. The number of carbonyl (C=O) groups is 2. The summed E-state index contributed by atoms with van der Waals surface area (Å²) in [5.74, 6) is -1.24. The average molecular weight is 200 g/mol. The summed E-state index contributed by atoms with van der Waals surface area (Å²) in [5.41, 5.74) is -3.52. The van der Waals surface area contributed by atoms with Crippen molar-refractivity contribution in [1.82, 2.24) is 0 Å². The van der Waals surface area contributed by atoms with E-state index >= 15 is 0 Å². The maximum Gasteiger partial charge on any atom is 0.185 e. The van der Waals surface area contributed by atoms with E-state index in [-0.39, 0.29) is 0 Å². The second-order valence-electron chi connectivity index (χ2n) is 5.63. The lowest BCUT2D eigenvalue weighted by atomic mass is 9.84. The lowest BCUT2D eigenvalue weighted by Crippen LogP contribution is -2.35. The highest BCUT2D eigenvalue weighted by Crippen LogP contribution is 2.65. The normalized spacial score (nSPS) is 35.1. The Morgan fingerprint density at radius 3 is 2.00 bits per heavy atom. The minimum Gasteiger partial charge on any atom is -0.303 e. The summed E-state index contributed by atoms with van der Waals surface area (Å²) in [6.45, 7) is 8.26. The van der Waals surface area contributed by atoms with Gasteiger partial charge in [-0.2, -0.15) is 0 Å². The molecule has 0 aromatic carbocycles. The first-order valence-electron chi connectivity index (χ1n) is 4.79. The van der Waals surface area contributed by atoms with Gasteiger partial charge in [0.15, 0.2) is 11.5 Å². The van der Waals surface area contributed by atoms with Crippen molar-refractivity contribution in [2.24, 2.45) is 16.7 Å². The van der Waals surface area contributed by atoms with Crippen molar-refractivity contribution in [3.05, 3.63) is 0 Å². The van der Waals surface area contributed by atoms with Crippen LogP contribution >= 0.6 is 0 Å². The molecule has 0 radical (unpaired) electrons. The molecule has 0 aliphatic heterocycles. The van der Waals surface area contributed by atoms with Gasteiger partial charge in [-0.25, -0.2) is 4.39 Å². The summed E-state index contributed by atoms with van der Waals surface area (Å²) >= 11 is 0. The van der Waals surface area contributed by atoms with Crippen molar-refractivity contribution in [3.8, 4) is 0 Å². The molecular weight excluding hydrogens is 183 g/mol. The SMILES string of the molecule is CC(C)(C)C(=O)[C@]1(F)[C@H](C=O)C1(C)C. The monoisotopic (exact) mass is 200 g/mol. The molecule has 0 aromatic heterocycles. The third kappa shape index (κ3) is 1.14. The quantitative estimate of drug-likeness (QED) is 0.640. The molecule has 3 heteroatoms. The van der Waals surface area contributed by atoms with E-state index in [9.17, 15) is 14.0 Å². The number of rotatable bonds is 2. The first-order valence-corrected chi connectivity index (χ1v) is 4.79. The van der Waals surface area contributed by atoms with Gasteiger partial charge in [0, 0.05) is 10.8 Å². The summed E-state index contributed by atoms with van der Waals surface area (Å²) in [5, 5.41) is 0. The fraction of sp³-hybridized carbons (Fsp3) is 0.818. The highest BCUT2D eigenvalue weighted by atomic mass is 19.1. The van der Waals surface area contributed by atoms with Crippen LogP contribution in [0.1, 0.15) is 34.6 Å². The van der Waals surface area contributed by atoms with Crippen LogP contribution < -0.4 is 0 Å². The number of Topliss-reactive ketones (excluding diaryl/α,β-unsaturated/α-hetero) is 1. The van der Waals surface area contributed by atoms with Gasteiger partial charge in [-0.3, -0.25) is 4.79 Å². The van der Waals surface area contributed by atoms with Gasteiger partial charge in [0.05, 0.1) is 5.92 Å². The number of carbonyl (C=O) groups excluding carboxylic acids is 2. The van der Waals surface area contributed by atoms with E-state index in [4.69, 9.17) is 0 Å². The Labute approximate surface area is 83.9 Å². The van der Waals surface area contributed by atoms with Crippen LogP contribution in [-0.2, 0) is 9.59 Å². The van der Waals surface area contributed by atoms with Crippen LogP contribution in [-0.4, -0.2) is 17.7 Å². The van der Waals surface area contributed by atoms with Crippen molar-refractivity contribution in [2.75, 3.05) is 0 Å². The molecule has 0 saturated heterocycles. The summed E-state index contributed by atoms with van der Waals surface area (Å²) in [4.78, 5) is 22.4. The number of aldehydes is 1. The molecule has 0 heterocycles. The molecule has 0 unspecified atom stereocenters. The van der Waals surface area contributed by atoms with Gasteiger partial charge >= 0.3 is 0 Å². The Bertz CT molecular complexity index is 288. The maximum atomic E-state index is 14.3. The standard InChI is InChI=1S/C11H17FO2/c1-9(2,3)8(14)11(12)7(6-13)10(11,4)5/h6-7H,1-5H3/t7-,11-/m1/s1. The van der Waals surface area contributed by atoms with Gasteiger partial charge < -0.3 is 4.79 Å². The van der Waals surface area contributed by atoms with Gasteiger partial charge in [0.2, 0.25) is 0 Å². The number of hydrogen-bond acceptors (Lipinski definition) is 2. The molecule has 1 fully saturated rings. The van der Waals surface area contributed by atoms with Gasteiger partial charge in [0.25, 0.3) is 0 Å². The zero-order valence-electron chi connectivity index (χ0n) is 9.35. The summed E-state index contributed by atoms with van der Waals surface area (Å²) in [7, 11) is 0. The predicted octanol–water partition coefficient (Wildman–Crippen LogP) is 2.16. The first kappa shape index (κ1) is 11.3. The minimum atomic E-state index is -1.95. The zero-order valence-corrected chi connectivity index (χ0v) is 9.35. The molecule has 14 heavy (non-hydrogen) atoms. The highest BCUT2D eigenvalue weighted by molar-refractivity contribution is 6.00. The van der Waals surface area contributed by atoms with Crippen LogP contribution in [0.25, 0.3) is 0 Å². The summed E-state index contributed by atoms with van der Waals surface area (Å²) in [6.07, 6.45) is 0.559. The van der Waals surface area contributed by atoms with E-state index < -0.39 is 28.2 Å². The molecule has 80 valence electrons. The van der Waals surface area contributed by atoms with E-state index in [2.05, 4.69) is 0 Å². The van der Waals surface area contributed by atoms with Gasteiger partial charge in [-0.1, -0.05) is 34.6 Å². The second-order valence-corrected chi connectivity index (χ2v) is 5.63. The number of alkyl halides is 1. The van der Waals surface area contributed by atoms with Crippen LogP contribution in [0.5, 0.6) is 0 Å². The average Bonchev–Trinajstić information content (AvgIpc) is 2.44. The number of halogens is 1. The smallest absolute Gasteiger partial charge is 0.185 e. The van der Waals surface area contributed by atoms with Crippen LogP contribution in [0.2, 0.25) is 0 Å². The second kappa shape index (κ2) is 2.65. The van der Waals surface area contributed by atoms with Crippen molar-refractivity contribution >= 4 is 12.1 Å². The maximum absolute atomic E-state index is 14.3. The zero-order chi connectivity index (χ0) is 11.4. The molecular formula is C11H17FO2. The molecule has 1 aliphatic carbocycles. The Balaban J connectivity index is 3.02. The molecule has 2 nitrogen and oxygen atoms in total. The van der Waals surface area contributed by atoms with Gasteiger partial charge in [-0.05, 0) is 0 Å². The van der Waals surface area contributed by atoms with Crippen molar-refractivity contribution in [3.63, 3.8) is 0 Å². The number of hydrogen-bond donors (Lipinski definition) is 0. The van der Waals surface area contributed by atoms with E-state index in [0.717, 1.165) is 0 Å². The third-order valence-electron chi connectivity index (χ3n) is 3.21. The Hall–Kier alpha value is -0.730. The lowest BCUT2D eigenvalue weighted by molar-refractivity contribution is -0.135. The van der Waals surface area contributed by atoms with E-state index in [1.54, 1.807) is 34.6 Å². The molecule has 1 rings (SSSR count). The van der Waals surface area contributed by atoms with Crippen molar-refractivity contribution < 1.29 is 14.0 Å². The first-order chi connectivity index (χ1) is 6.10. The molecule has 0 spiro atoms. The topological polar surface area (TPSA) is 34.1 Å². The van der Waals surface area contributed by atoms with Gasteiger partial charge in [0.1, 0.15) is 6.29 Å². The van der Waals surface area contributed by atoms with E-state index in [1.165, 1.54) is 0 Å². The fourth-order valence-corrected chi connectivity index (χ4v) is 1.99. The number of ketones is 1. The largest absolute Gasteiger partial charge is 0.303 e. The third-order valence-corrected chi connectivity index (χ3v) is 3.21. The van der Waals surface area contributed by atoms with Gasteiger partial charge in [-0.15, -0.1) is 0 Å². The molecule has 2 atom stereocenters. The summed E-state index contributed by atoms with van der Waals surface area (Å²) in [6, 6.07) is 0. The van der Waals surface area contributed by atoms with Crippen LogP contribution in [0.3, 0.4) is 0 Å². The highest BCUT2D eigenvalue weighted by Gasteiger charge is 2.78. The molecule has 1 saturated carbocycles. The fourth-order valence-electron chi connectivity index (χ4n) is 1.99. The van der Waals surface area contributed by atoms with E-state index in [0.29, 0.717) is 6.29 Å². The molecule has 1 aliphatic rings. The Kier molecular flexibility index (Phi) is 2.14. The van der Waals surface area contributed by atoms with E-state index in [1.807, 2.05) is 0 Å².